The largest absolute Gasteiger partial charge is 0.303 e. The molecular formula is C30H38N2S. The van der Waals surface area contributed by atoms with Crippen LogP contribution in [0.1, 0.15) is 48.3 Å². The van der Waals surface area contributed by atoms with Crippen LogP contribution in [0.25, 0.3) is 0 Å². The third-order valence-corrected chi connectivity index (χ3v) is 8.56. The standard InChI is InChI=1S/C30H38N2S/c1-3-8-25(9-4-1)12-7-13-26-14-17-31(18-15-26)21-29-22-32(20-27-10-5-2-6-11-27)23-30(29)28-16-19-33-24-28/h1-6,8-11,16,19,24,26,29-30H,7,12-15,17-18,20-23H2. The molecule has 3 heteroatoms. The first kappa shape index (κ1) is 22.8. The molecule has 2 atom stereocenters. The van der Waals surface area contributed by atoms with Crippen LogP contribution in [-0.2, 0) is 13.0 Å². The predicted octanol–water partition coefficient (Wildman–Crippen LogP) is 6.70. The number of likely N-dealkylation sites (tertiary alicyclic amines) is 2. The van der Waals surface area contributed by atoms with Gasteiger partial charge in [-0.3, -0.25) is 4.90 Å². The fourth-order valence-corrected chi connectivity index (χ4v) is 6.73. The van der Waals surface area contributed by atoms with Gasteiger partial charge in [-0.05, 0) is 84.1 Å². The third kappa shape index (κ3) is 6.35. The summed E-state index contributed by atoms with van der Waals surface area (Å²) in [6, 6.07) is 24.4. The highest BCUT2D eigenvalue weighted by Crippen LogP contribution is 2.36. The van der Waals surface area contributed by atoms with Crippen LogP contribution in [0.2, 0.25) is 0 Å². The first-order valence-electron chi connectivity index (χ1n) is 12.9. The number of aryl methyl sites for hydroxylation is 1. The van der Waals surface area contributed by atoms with E-state index in [2.05, 4.69) is 87.3 Å². The Kier molecular flexibility index (Phi) is 7.93. The molecular weight excluding hydrogens is 420 g/mol. The van der Waals surface area contributed by atoms with Crippen LogP contribution in [0.15, 0.2) is 77.5 Å². The molecule has 0 amide bonds. The number of thiophene rings is 1. The van der Waals surface area contributed by atoms with E-state index in [1.807, 2.05) is 11.3 Å². The summed E-state index contributed by atoms with van der Waals surface area (Å²) in [6.07, 6.45) is 6.75. The molecule has 0 aliphatic carbocycles. The minimum absolute atomic E-state index is 0.684. The van der Waals surface area contributed by atoms with Gasteiger partial charge in [0.25, 0.3) is 0 Å². The minimum atomic E-state index is 0.684. The molecule has 33 heavy (non-hydrogen) atoms. The van der Waals surface area contributed by atoms with Crippen molar-refractivity contribution < 1.29 is 0 Å². The zero-order valence-corrected chi connectivity index (χ0v) is 20.6. The summed E-state index contributed by atoms with van der Waals surface area (Å²) < 4.78 is 0. The first-order valence-corrected chi connectivity index (χ1v) is 13.8. The van der Waals surface area contributed by atoms with E-state index in [0.717, 1.165) is 18.4 Å². The third-order valence-electron chi connectivity index (χ3n) is 7.86. The number of nitrogens with zero attached hydrogens (tertiary/aromatic N) is 2. The lowest BCUT2D eigenvalue weighted by Crippen LogP contribution is -2.38. The van der Waals surface area contributed by atoms with E-state index < -0.39 is 0 Å². The van der Waals surface area contributed by atoms with E-state index >= 15 is 0 Å². The first-order chi connectivity index (χ1) is 16.3. The van der Waals surface area contributed by atoms with Crippen molar-refractivity contribution in [1.82, 2.24) is 9.80 Å². The summed E-state index contributed by atoms with van der Waals surface area (Å²) in [7, 11) is 0. The lowest BCUT2D eigenvalue weighted by Gasteiger charge is -2.34. The molecule has 0 radical (unpaired) electrons. The topological polar surface area (TPSA) is 6.48 Å². The van der Waals surface area contributed by atoms with Crippen LogP contribution in [0.5, 0.6) is 0 Å². The molecule has 3 heterocycles. The highest BCUT2D eigenvalue weighted by Gasteiger charge is 2.35. The molecule has 2 aromatic carbocycles. The van der Waals surface area contributed by atoms with E-state index in [9.17, 15) is 0 Å². The van der Waals surface area contributed by atoms with Gasteiger partial charge in [0, 0.05) is 32.1 Å². The van der Waals surface area contributed by atoms with Crippen molar-refractivity contribution in [3.05, 3.63) is 94.2 Å². The maximum atomic E-state index is 2.78. The molecule has 1 aromatic heterocycles. The monoisotopic (exact) mass is 458 g/mol. The van der Waals surface area contributed by atoms with Gasteiger partial charge in [-0.2, -0.15) is 11.3 Å². The van der Waals surface area contributed by atoms with Crippen LogP contribution >= 0.6 is 11.3 Å². The van der Waals surface area contributed by atoms with Crippen LogP contribution in [-0.4, -0.2) is 42.5 Å². The molecule has 2 nitrogen and oxygen atoms in total. The van der Waals surface area contributed by atoms with Gasteiger partial charge in [-0.25, -0.2) is 0 Å². The number of rotatable bonds is 9. The van der Waals surface area contributed by atoms with E-state index in [1.54, 1.807) is 5.56 Å². The summed E-state index contributed by atoms with van der Waals surface area (Å²) in [5, 5.41) is 4.65. The Morgan fingerprint density at radius 3 is 2.21 bits per heavy atom. The molecule has 0 saturated carbocycles. The maximum Gasteiger partial charge on any atom is 0.0234 e. The van der Waals surface area contributed by atoms with E-state index in [0.29, 0.717) is 5.92 Å². The summed E-state index contributed by atoms with van der Waals surface area (Å²) in [4.78, 5) is 5.47. The lowest BCUT2D eigenvalue weighted by atomic mass is 9.87. The van der Waals surface area contributed by atoms with Crippen LogP contribution in [0.3, 0.4) is 0 Å². The number of benzene rings is 2. The summed E-state index contributed by atoms with van der Waals surface area (Å²) in [5.41, 5.74) is 4.51. The maximum absolute atomic E-state index is 2.78. The normalized spacial score (nSPS) is 22.7. The summed E-state index contributed by atoms with van der Waals surface area (Å²) >= 11 is 1.85. The molecule has 2 aliphatic rings. The van der Waals surface area contributed by atoms with Gasteiger partial charge in [0.15, 0.2) is 0 Å². The van der Waals surface area contributed by atoms with Crippen LogP contribution in [0.4, 0.5) is 0 Å². The molecule has 174 valence electrons. The second-order valence-electron chi connectivity index (χ2n) is 10.2. The molecule has 0 bridgehead atoms. The summed E-state index contributed by atoms with van der Waals surface area (Å²) in [5.74, 6) is 2.36. The number of hydrogen-bond acceptors (Lipinski definition) is 3. The summed E-state index contributed by atoms with van der Waals surface area (Å²) in [6.45, 7) is 7.37. The molecule has 0 spiro atoms. The highest BCUT2D eigenvalue weighted by molar-refractivity contribution is 7.08. The molecule has 5 rings (SSSR count). The SMILES string of the molecule is c1ccc(CCCC2CCN(CC3CN(Cc4ccccc4)CC3c3ccsc3)CC2)cc1. The van der Waals surface area contributed by atoms with Crippen LogP contribution in [0, 0.1) is 11.8 Å². The minimum Gasteiger partial charge on any atom is -0.303 e. The van der Waals surface area contributed by atoms with Crippen molar-refractivity contribution in [2.24, 2.45) is 11.8 Å². The van der Waals surface area contributed by atoms with Crippen molar-refractivity contribution in [2.45, 2.75) is 44.6 Å². The molecule has 2 aliphatic heterocycles. The van der Waals surface area contributed by atoms with Crippen molar-refractivity contribution in [3.63, 3.8) is 0 Å². The average molecular weight is 459 g/mol. The number of hydrogen-bond donors (Lipinski definition) is 0. The average Bonchev–Trinajstić information content (AvgIpc) is 3.52. The molecule has 3 aromatic rings. The smallest absolute Gasteiger partial charge is 0.0234 e. The van der Waals surface area contributed by atoms with E-state index in [4.69, 9.17) is 0 Å². The number of piperidine rings is 1. The lowest BCUT2D eigenvalue weighted by molar-refractivity contribution is 0.151. The van der Waals surface area contributed by atoms with Crippen molar-refractivity contribution >= 4 is 11.3 Å². The van der Waals surface area contributed by atoms with Gasteiger partial charge in [0.1, 0.15) is 0 Å². The zero-order valence-electron chi connectivity index (χ0n) is 19.8. The molecule has 2 fully saturated rings. The molecule has 2 saturated heterocycles. The molecule has 2 unspecified atom stereocenters. The fourth-order valence-electron chi connectivity index (χ4n) is 6.01. The van der Waals surface area contributed by atoms with E-state index in [1.165, 1.54) is 76.0 Å². The van der Waals surface area contributed by atoms with Gasteiger partial charge >= 0.3 is 0 Å². The second-order valence-corrected chi connectivity index (χ2v) is 11.0. The van der Waals surface area contributed by atoms with Gasteiger partial charge in [0.05, 0.1) is 0 Å². The van der Waals surface area contributed by atoms with Crippen molar-refractivity contribution in [1.29, 1.82) is 0 Å². The Morgan fingerprint density at radius 1 is 0.788 bits per heavy atom. The van der Waals surface area contributed by atoms with Gasteiger partial charge in [-0.15, -0.1) is 0 Å². The van der Waals surface area contributed by atoms with E-state index in [-0.39, 0.29) is 0 Å². The Bertz CT molecular complexity index is 932. The second kappa shape index (κ2) is 11.5. The molecule has 0 N–H and O–H groups in total. The predicted molar refractivity (Wildman–Crippen MR) is 141 cm³/mol. The van der Waals surface area contributed by atoms with Crippen LogP contribution < -0.4 is 0 Å². The van der Waals surface area contributed by atoms with Crippen molar-refractivity contribution in [2.75, 3.05) is 32.7 Å². The fraction of sp³-hybridized carbons (Fsp3) is 0.467. The Balaban J connectivity index is 1.11. The van der Waals surface area contributed by atoms with Gasteiger partial charge in [-0.1, -0.05) is 67.1 Å². The van der Waals surface area contributed by atoms with Gasteiger partial charge in [0.2, 0.25) is 0 Å². The van der Waals surface area contributed by atoms with Crippen molar-refractivity contribution in [3.8, 4) is 0 Å². The highest BCUT2D eigenvalue weighted by atomic mass is 32.1. The quantitative estimate of drug-likeness (QED) is 0.352. The Morgan fingerprint density at radius 2 is 1.52 bits per heavy atom. The zero-order chi connectivity index (χ0) is 22.3. The van der Waals surface area contributed by atoms with Gasteiger partial charge < -0.3 is 4.90 Å². The Hall–Kier alpha value is -1.94. The Labute approximate surface area is 204 Å².